The summed E-state index contributed by atoms with van der Waals surface area (Å²) in [6, 6.07) is 53.2. The topological polar surface area (TPSA) is 250 Å². The number of Topliss-reactive ketones (excluding diaryl/α,β-unsaturated/α-hetero) is 1. The molecule has 22 heteroatoms. The van der Waals surface area contributed by atoms with Gasteiger partial charge in [0, 0.05) is 32.9 Å². The van der Waals surface area contributed by atoms with E-state index in [1.54, 1.807) is 72.8 Å². The van der Waals surface area contributed by atoms with E-state index in [0.29, 0.717) is 5.56 Å². The highest BCUT2D eigenvalue weighted by Gasteiger charge is 2.59. The number of fused-ring (bicyclic) bond motifs is 1. The lowest BCUT2D eigenvalue weighted by Crippen LogP contribution is -2.68. The Kier molecular flexibility index (Phi) is 23.9. The van der Waals surface area contributed by atoms with Crippen LogP contribution in [-0.4, -0.2) is 155 Å². The Morgan fingerprint density at radius 2 is 0.902 bits per heavy atom. The van der Waals surface area contributed by atoms with Crippen LogP contribution in [0, 0.1) is 0 Å². The van der Waals surface area contributed by atoms with Gasteiger partial charge in [-0.15, -0.1) is 0 Å². The molecule has 4 fully saturated rings. The maximum absolute atomic E-state index is 14.6. The lowest BCUT2D eigenvalue weighted by atomic mass is 9.95. The summed E-state index contributed by atoms with van der Waals surface area (Å²) in [4.78, 5) is 82.5. The summed E-state index contributed by atoms with van der Waals surface area (Å²) in [5.74, 6) is -4.72. The molecule has 0 saturated carbocycles. The van der Waals surface area contributed by atoms with E-state index in [4.69, 9.17) is 75.8 Å². The fourth-order valence-electron chi connectivity index (χ4n) is 11.1. The molecule has 0 aromatic heterocycles. The van der Waals surface area contributed by atoms with Crippen molar-refractivity contribution >= 4 is 35.6 Å². The van der Waals surface area contributed by atoms with Gasteiger partial charge in [-0.05, 0) is 47.9 Å². The van der Waals surface area contributed by atoms with Crippen LogP contribution >= 0.6 is 0 Å². The molecule has 4 heterocycles. The van der Waals surface area contributed by atoms with E-state index in [1.807, 2.05) is 97.1 Å². The Balaban J connectivity index is 1.06. The zero-order valence-electron chi connectivity index (χ0n) is 51.2. The smallest absolute Gasteiger partial charge is 0.338 e. The van der Waals surface area contributed by atoms with Crippen LogP contribution in [0.15, 0.2) is 182 Å². The molecule has 4 aliphatic rings. The van der Waals surface area contributed by atoms with Gasteiger partial charge in [-0.1, -0.05) is 158 Å². The molecule has 10 rings (SSSR count). The van der Waals surface area contributed by atoms with E-state index in [2.05, 4.69) is 0 Å². The van der Waals surface area contributed by atoms with E-state index < -0.39 is 141 Å². The molecule has 4 aliphatic heterocycles. The normalized spacial score (nSPS) is 27.7. The first kappa shape index (κ1) is 66.8. The molecule has 22 nitrogen and oxygen atoms in total. The summed E-state index contributed by atoms with van der Waals surface area (Å²) in [5.41, 5.74) is 3.28. The first-order valence-corrected chi connectivity index (χ1v) is 30.3. The second-order valence-electron chi connectivity index (χ2n) is 22.3. The lowest BCUT2D eigenvalue weighted by molar-refractivity contribution is -0.391. The predicted molar refractivity (Wildman–Crippen MR) is 322 cm³/mol. The molecule has 1 unspecified atom stereocenters. The third kappa shape index (κ3) is 17.9. The third-order valence-corrected chi connectivity index (χ3v) is 15.5. The van der Waals surface area contributed by atoms with Crippen molar-refractivity contribution < 1.29 is 105 Å². The number of esters is 5. The lowest BCUT2D eigenvalue weighted by Gasteiger charge is -2.51. The Morgan fingerprint density at radius 1 is 0.424 bits per heavy atom. The zero-order valence-corrected chi connectivity index (χ0v) is 51.2. The summed E-state index contributed by atoms with van der Waals surface area (Å²) in [5, 5.41) is 0. The standard InChI is InChI=1S/C70H74O22/c1-43(71)35-36-55(74)88-60-57(83-44(2)72)53(42-82-69-62(84-45(3)73)59(80-39-48-27-15-7-16-28-48)56(79-38-47-25-13-6-14-26-47)52(86-69)40-78-37-46-23-11-5-12-24-46)87-70(64(60)90-66(76)50-31-19-9-20-32-50)92-61-58-54(41-81-67(91-58)51-33-21-10-22-34-51)85-68(77-4)63(61)89-65(75)49-29-17-8-18-30-49/h5-34,52-54,56-64,67-70H,35-42H2,1-4H3/t52-,53-,54-,56-,57-,58-,59+,60+,61+,62-,63-,64-,67?,68-,69-,70+/m1/s1. The Morgan fingerprint density at radius 3 is 1.45 bits per heavy atom. The molecule has 4 saturated heterocycles. The summed E-state index contributed by atoms with van der Waals surface area (Å²) >= 11 is 0. The summed E-state index contributed by atoms with van der Waals surface area (Å²) < 4.78 is 104. The molecule has 6 aromatic rings. The van der Waals surface area contributed by atoms with Gasteiger partial charge in [0.25, 0.3) is 0 Å². The number of hydrogen-bond acceptors (Lipinski definition) is 22. The van der Waals surface area contributed by atoms with Crippen molar-refractivity contribution in [3.8, 4) is 0 Å². The fraction of sp³-hybridized carbons (Fsp3) is 0.400. The maximum atomic E-state index is 14.6. The molecule has 92 heavy (non-hydrogen) atoms. The summed E-state index contributed by atoms with van der Waals surface area (Å²) in [7, 11) is 1.34. The fourth-order valence-corrected chi connectivity index (χ4v) is 11.1. The van der Waals surface area contributed by atoms with Crippen molar-refractivity contribution in [3.63, 3.8) is 0 Å². The van der Waals surface area contributed by atoms with Crippen molar-refractivity contribution in [1.29, 1.82) is 0 Å². The molecule has 6 aromatic carbocycles. The van der Waals surface area contributed by atoms with Crippen LogP contribution in [0.5, 0.6) is 0 Å². The van der Waals surface area contributed by atoms with Gasteiger partial charge in [0.05, 0.1) is 57.2 Å². The highest BCUT2D eigenvalue weighted by Crippen LogP contribution is 2.41. The largest absolute Gasteiger partial charge is 0.456 e. The minimum Gasteiger partial charge on any atom is -0.456 e. The molecule has 0 spiro atoms. The zero-order chi connectivity index (χ0) is 64.3. The van der Waals surface area contributed by atoms with Crippen LogP contribution in [-0.2, 0) is 115 Å². The molecular weight excluding hydrogens is 1190 g/mol. The van der Waals surface area contributed by atoms with Gasteiger partial charge >= 0.3 is 29.8 Å². The number of carbonyl (C=O) groups excluding carboxylic acids is 6. The van der Waals surface area contributed by atoms with Gasteiger partial charge < -0.3 is 80.6 Å². The Labute approximate surface area is 532 Å². The van der Waals surface area contributed by atoms with Gasteiger partial charge in [0.15, 0.2) is 55.7 Å². The van der Waals surface area contributed by atoms with Crippen LogP contribution in [0.3, 0.4) is 0 Å². The summed E-state index contributed by atoms with van der Waals surface area (Å²) in [6.45, 7) is 3.02. The van der Waals surface area contributed by atoms with Crippen LogP contribution in [0.25, 0.3) is 0 Å². The van der Waals surface area contributed by atoms with Crippen molar-refractivity contribution in [3.05, 3.63) is 215 Å². The van der Waals surface area contributed by atoms with Crippen molar-refractivity contribution in [2.75, 3.05) is 26.9 Å². The number of benzene rings is 6. The average molecular weight is 1270 g/mol. The Bertz CT molecular complexity index is 3310. The van der Waals surface area contributed by atoms with Gasteiger partial charge in [-0.2, -0.15) is 0 Å². The molecule has 0 amide bonds. The van der Waals surface area contributed by atoms with Crippen LogP contribution in [0.2, 0.25) is 0 Å². The quantitative estimate of drug-likeness (QED) is 0.0347. The predicted octanol–water partition coefficient (Wildman–Crippen LogP) is 8.31. The minimum atomic E-state index is -1.91. The molecule has 16 atom stereocenters. The molecule has 0 N–H and O–H groups in total. The number of ether oxygens (including phenoxy) is 16. The first-order chi connectivity index (χ1) is 44.8. The number of hydrogen-bond donors (Lipinski definition) is 0. The van der Waals surface area contributed by atoms with Crippen molar-refractivity contribution in [2.45, 2.75) is 152 Å². The van der Waals surface area contributed by atoms with E-state index in [1.165, 1.54) is 33.1 Å². The van der Waals surface area contributed by atoms with Gasteiger partial charge in [-0.25, -0.2) is 9.59 Å². The van der Waals surface area contributed by atoms with Gasteiger partial charge in [0.1, 0.15) is 48.5 Å². The van der Waals surface area contributed by atoms with E-state index in [0.717, 1.165) is 23.6 Å². The van der Waals surface area contributed by atoms with E-state index in [9.17, 15) is 28.8 Å². The van der Waals surface area contributed by atoms with E-state index in [-0.39, 0.29) is 56.4 Å². The third-order valence-electron chi connectivity index (χ3n) is 15.5. The molecule has 486 valence electrons. The number of ketones is 1. The number of methoxy groups -OCH3 is 1. The molecule has 0 radical (unpaired) electrons. The first-order valence-electron chi connectivity index (χ1n) is 30.3. The average Bonchev–Trinajstić information content (AvgIpc) is 0.773. The van der Waals surface area contributed by atoms with Crippen molar-refractivity contribution in [1.82, 2.24) is 0 Å². The minimum absolute atomic E-state index is 0.0133. The van der Waals surface area contributed by atoms with Crippen LogP contribution in [0.4, 0.5) is 0 Å². The maximum Gasteiger partial charge on any atom is 0.338 e. The molecule has 0 bridgehead atoms. The SMILES string of the molecule is CO[C@@H]1O[C@@H]2COC(c3ccccc3)O[C@H]2[C@H](O[C@@H]2O[C@H](CO[C@@H]3O[C@H](COCc4ccccc4)[C@@H](OCc4ccccc4)[C@H](OCc4ccccc4)[C@H]3OC(C)=O)[C@@H](OC(C)=O)[C@H](OC(=O)CCC(C)=O)[C@H]2OC(=O)c2ccccc2)[C@H]1OC(=O)c1ccccc1. The van der Waals surface area contributed by atoms with Gasteiger partial charge in [0.2, 0.25) is 0 Å². The second kappa shape index (κ2) is 33.0. The number of carbonyl (C=O) groups is 6. The van der Waals surface area contributed by atoms with Crippen molar-refractivity contribution in [2.24, 2.45) is 0 Å². The number of rotatable bonds is 27. The van der Waals surface area contributed by atoms with Crippen LogP contribution < -0.4 is 0 Å². The Hall–Kier alpha value is -8.10. The second-order valence-corrected chi connectivity index (χ2v) is 22.3. The highest BCUT2D eigenvalue weighted by atomic mass is 16.8. The summed E-state index contributed by atoms with van der Waals surface area (Å²) in [6.07, 6.45) is -23.3. The monoisotopic (exact) mass is 1270 g/mol. The molecular formula is C70H74O22. The van der Waals surface area contributed by atoms with Crippen LogP contribution in [0.1, 0.15) is 82.9 Å². The van der Waals surface area contributed by atoms with E-state index >= 15 is 0 Å². The highest BCUT2D eigenvalue weighted by molar-refractivity contribution is 5.90. The van der Waals surface area contributed by atoms with Gasteiger partial charge in [-0.3, -0.25) is 14.4 Å². The molecule has 0 aliphatic carbocycles.